The first-order valence-electron chi connectivity index (χ1n) is 6.41. The molecular formula is C14H15NO3S. The highest BCUT2D eigenvalue weighted by atomic mass is 32.2. The molecule has 5 heteroatoms. The van der Waals surface area contributed by atoms with Gasteiger partial charge in [-0.1, -0.05) is 6.07 Å². The number of rotatable bonds is 2. The van der Waals surface area contributed by atoms with Gasteiger partial charge in [0, 0.05) is 29.7 Å². The molecule has 0 radical (unpaired) electrons. The van der Waals surface area contributed by atoms with Crippen molar-refractivity contribution in [3.8, 4) is 0 Å². The molecule has 3 rings (SSSR count). The molecule has 0 unspecified atom stereocenters. The number of carbonyl (C=O) groups is 2. The van der Waals surface area contributed by atoms with E-state index in [-0.39, 0.29) is 11.9 Å². The Bertz CT molecular complexity index is 511. The minimum atomic E-state index is 0.132. The first-order chi connectivity index (χ1) is 9.29. The standard InChI is InChI=1S/C14H15NO3S/c16-8-10-1-2-13-12(7-10)15(14(17)9-19-13)11-3-5-18-6-4-11/h1-2,7-8,11H,3-6,9H2. The Hall–Kier alpha value is -1.33. The molecule has 0 spiro atoms. The van der Waals surface area contributed by atoms with Crippen molar-refractivity contribution in [2.24, 2.45) is 0 Å². The van der Waals surface area contributed by atoms with Crippen LogP contribution in [0.1, 0.15) is 23.2 Å². The average molecular weight is 277 g/mol. The number of carbonyl (C=O) groups excluding carboxylic acids is 2. The van der Waals surface area contributed by atoms with Crippen LogP contribution in [0.4, 0.5) is 5.69 Å². The molecule has 0 atom stereocenters. The van der Waals surface area contributed by atoms with E-state index in [1.807, 2.05) is 17.0 Å². The van der Waals surface area contributed by atoms with Gasteiger partial charge in [-0.05, 0) is 25.0 Å². The average Bonchev–Trinajstić information content (AvgIpc) is 2.47. The Labute approximate surface area is 116 Å². The summed E-state index contributed by atoms with van der Waals surface area (Å²) in [5.74, 6) is 0.609. The summed E-state index contributed by atoms with van der Waals surface area (Å²) >= 11 is 1.55. The molecule has 0 aliphatic carbocycles. The molecule has 1 aromatic carbocycles. The van der Waals surface area contributed by atoms with E-state index in [0.29, 0.717) is 24.5 Å². The predicted molar refractivity (Wildman–Crippen MR) is 73.9 cm³/mol. The summed E-state index contributed by atoms with van der Waals surface area (Å²) in [6.07, 6.45) is 2.55. The number of hydrogen-bond acceptors (Lipinski definition) is 4. The Balaban J connectivity index is 1.99. The van der Waals surface area contributed by atoms with E-state index >= 15 is 0 Å². The van der Waals surface area contributed by atoms with E-state index in [1.165, 1.54) is 0 Å². The Morgan fingerprint density at radius 2 is 2.11 bits per heavy atom. The molecular weight excluding hydrogens is 262 g/mol. The topological polar surface area (TPSA) is 46.6 Å². The maximum atomic E-state index is 12.2. The van der Waals surface area contributed by atoms with Crippen molar-refractivity contribution in [1.82, 2.24) is 0 Å². The van der Waals surface area contributed by atoms with Crippen LogP contribution in [-0.4, -0.2) is 37.2 Å². The third-order valence-corrected chi connectivity index (χ3v) is 4.60. The van der Waals surface area contributed by atoms with E-state index < -0.39 is 0 Å². The van der Waals surface area contributed by atoms with E-state index in [9.17, 15) is 9.59 Å². The predicted octanol–water partition coefficient (Wildman–Crippen LogP) is 2.12. The molecule has 1 amide bonds. The molecule has 1 fully saturated rings. The SMILES string of the molecule is O=Cc1ccc2c(c1)N(C1CCOCC1)C(=O)CS2. The van der Waals surface area contributed by atoms with E-state index in [2.05, 4.69) is 0 Å². The van der Waals surface area contributed by atoms with Gasteiger partial charge in [-0.25, -0.2) is 0 Å². The molecule has 0 saturated carbocycles. The van der Waals surface area contributed by atoms with Gasteiger partial charge in [0.15, 0.2) is 0 Å². The van der Waals surface area contributed by atoms with Gasteiger partial charge < -0.3 is 9.64 Å². The minimum Gasteiger partial charge on any atom is -0.381 e. The van der Waals surface area contributed by atoms with E-state index in [4.69, 9.17) is 4.74 Å². The zero-order chi connectivity index (χ0) is 13.2. The van der Waals surface area contributed by atoms with Gasteiger partial charge in [0.05, 0.1) is 11.4 Å². The van der Waals surface area contributed by atoms with Crippen LogP contribution >= 0.6 is 11.8 Å². The molecule has 1 aromatic rings. The quantitative estimate of drug-likeness (QED) is 0.777. The van der Waals surface area contributed by atoms with Gasteiger partial charge in [0.1, 0.15) is 6.29 Å². The van der Waals surface area contributed by atoms with Gasteiger partial charge >= 0.3 is 0 Å². The van der Waals surface area contributed by atoms with Crippen molar-refractivity contribution in [3.63, 3.8) is 0 Å². The number of anilines is 1. The van der Waals surface area contributed by atoms with E-state index in [0.717, 1.165) is 29.7 Å². The van der Waals surface area contributed by atoms with Crippen LogP contribution in [0.2, 0.25) is 0 Å². The van der Waals surface area contributed by atoms with Crippen LogP contribution in [0.25, 0.3) is 0 Å². The normalized spacial score (nSPS) is 20.2. The van der Waals surface area contributed by atoms with Crippen molar-refractivity contribution in [2.45, 2.75) is 23.8 Å². The summed E-state index contributed by atoms with van der Waals surface area (Å²) in [5.41, 5.74) is 1.50. The van der Waals surface area contributed by atoms with Crippen molar-refractivity contribution < 1.29 is 14.3 Å². The first kappa shape index (κ1) is 12.7. The molecule has 2 heterocycles. The Kier molecular flexibility index (Phi) is 3.57. The second kappa shape index (κ2) is 5.35. The molecule has 100 valence electrons. The highest BCUT2D eigenvalue weighted by Crippen LogP contribution is 2.38. The number of ether oxygens (including phenoxy) is 1. The lowest BCUT2D eigenvalue weighted by Crippen LogP contribution is -2.46. The number of nitrogens with zero attached hydrogens (tertiary/aromatic N) is 1. The number of aldehydes is 1. The maximum absolute atomic E-state index is 12.2. The lowest BCUT2D eigenvalue weighted by atomic mass is 10.0. The molecule has 1 saturated heterocycles. The van der Waals surface area contributed by atoms with Crippen molar-refractivity contribution >= 4 is 29.6 Å². The molecule has 4 nitrogen and oxygen atoms in total. The molecule has 0 aromatic heterocycles. The molecule has 2 aliphatic rings. The van der Waals surface area contributed by atoms with E-state index in [1.54, 1.807) is 17.8 Å². The fourth-order valence-electron chi connectivity index (χ4n) is 2.61. The minimum absolute atomic E-state index is 0.132. The van der Waals surface area contributed by atoms with Crippen molar-refractivity contribution in [2.75, 3.05) is 23.9 Å². The third-order valence-electron chi connectivity index (χ3n) is 3.55. The number of amides is 1. The Morgan fingerprint density at radius 1 is 1.32 bits per heavy atom. The number of benzene rings is 1. The second-order valence-corrected chi connectivity index (χ2v) is 5.76. The van der Waals surface area contributed by atoms with Crippen LogP contribution in [0.15, 0.2) is 23.1 Å². The van der Waals surface area contributed by atoms with Crippen LogP contribution < -0.4 is 4.90 Å². The van der Waals surface area contributed by atoms with Gasteiger partial charge in [0.25, 0.3) is 0 Å². The monoisotopic (exact) mass is 277 g/mol. The van der Waals surface area contributed by atoms with Crippen molar-refractivity contribution in [3.05, 3.63) is 23.8 Å². The molecule has 2 aliphatic heterocycles. The lowest BCUT2D eigenvalue weighted by Gasteiger charge is -2.37. The van der Waals surface area contributed by atoms with Crippen LogP contribution in [0.5, 0.6) is 0 Å². The first-order valence-corrected chi connectivity index (χ1v) is 7.40. The van der Waals surface area contributed by atoms with Crippen LogP contribution in [0.3, 0.4) is 0 Å². The smallest absolute Gasteiger partial charge is 0.237 e. The van der Waals surface area contributed by atoms with Gasteiger partial charge in [-0.2, -0.15) is 0 Å². The molecule has 0 N–H and O–H groups in total. The number of fused-ring (bicyclic) bond motifs is 1. The Morgan fingerprint density at radius 3 is 2.84 bits per heavy atom. The maximum Gasteiger partial charge on any atom is 0.237 e. The second-order valence-electron chi connectivity index (χ2n) is 4.74. The number of thioether (sulfide) groups is 1. The van der Waals surface area contributed by atoms with Crippen LogP contribution in [0, 0.1) is 0 Å². The van der Waals surface area contributed by atoms with Gasteiger partial charge in [-0.15, -0.1) is 11.8 Å². The third kappa shape index (κ3) is 2.40. The van der Waals surface area contributed by atoms with Gasteiger partial charge in [-0.3, -0.25) is 9.59 Å². The summed E-state index contributed by atoms with van der Waals surface area (Å²) in [6.45, 7) is 1.40. The molecule has 0 bridgehead atoms. The summed E-state index contributed by atoms with van der Waals surface area (Å²) in [5, 5.41) is 0. The van der Waals surface area contributed by atoms with Crippen LogP contribution in [-0.2, 0) is 9.53 Å². The fraction of sp³-hybridized carbons (Fsp3) is 0.429. The summed E-state index contributed by atoms with van der Waals surface area (Å²) in [6, 6.07) is 5.75. The number of hydrogen-bond donors (Lipinski definition) is 0. The fourth-order valence-corrected chi connectivity index (χ4v) is 3.49. The summed E-state index contributed by atoms with van der Waals surface area (Å²) in [7, 11) is 0. The van der Waals surface area contributed by atoms with Gasteiger partial charge in [0.2, 0.25) is 5.91 Å². The summed E-state index contributed by atoms with van der Waals surface area (Å²) < 4.78 is 5.36. The lowest BCUT2D eigenvalue weighted by molar-refractivity contribution is -0.117. The largest absolute Gasteiger partial charge is 0.381 e. The zero-order valence-corrected chi connectivity index (χ0v) is 11.3. The van der Waals surface area contributed by atoms with Crippen molar-refractivity contribution in [1.29, 1.82) is 0 Å². The summed E-state index contributed by atoms with van der Waals surface area (Å²) in [4.78, 5) is 26.1. The zero-order valence-electron chi connectivity index (χ0n) is 10.5. The highest BCUT2D eigenvalue weighted by molar-refractivity contribution is 8.00. The highest BCUT2D eigenvalue weighted by Gasteiger charge is 2.32. The molecule has 19 heavy (non-hydrogen) atoms.